The van der Waals surface area contributed by atoms with E-state index in [-0.39, 0.29) is 23.5 Å². The summed E-state index contributed by atoms with van der Waals surface area (Å²) in [6.07, 6.45) is 3.25. The number of nitrogens with zero attached hydrogens (tertiary/aromatic N) is 2. The lowest BCUT2D eigenvalue weighted by Crippen LogP contribution is -2.42. The van der Waals surface area contributed by atoms with Crippen LogP contribution in [0.15, 0.2) is 108 Å². The molecule has 1 heterocycles. The van der Waals surface area contributed by atoms with E-state index >= 15 is 0 Å². The lowest BCUT2D eigenvalue weighted by Gasteiger charge is -2.28. The average molecular weight is 550 g/mol. The van der Waals surface area contributed by atoms with Crippen LogP contribution in [0.4, 0.5) is 0 Å². The summed E-state index contributed by atoms with van der Waals surface area (Å²) in [5, 5.41) is 9.60. The number of rotatable bonds is 10. The van der Waals surface area contributed by atoms with E-state index in [1.807, 2.05) is 6.07 Å². The third-order valence-electron chi connectivity index (χ3n) is 5.76. The molecule has 0 bridgehead atoms. The van der Waals surface area contributed by atoms with Gasteiger partial charge >= 0.3 is 5.97 Å². The topological polar surface area (TPSA) is 117 Å². The Kier molecular flexibility index (Phi) is 8.52. The zero-order chi connectivity index (χ0) is 27.1. The van der Waals surface area contributed by atoms with E-state index in [4.69, 9.17) is 11.6 Å². The summed E-state index contributed by atoms with van der Waals surface area (Å²) in [5.41, 5.74) is 2.01. The first kappa shape index (κ1) is 27.0. The molecule has 0 radical (unpaired) electrons. The Hall–Kier alpha value is -4.05. The van der Waals surface area contributed by atoms with Crippen molar-refractivity contribution in [3.05, 3.63) is 131 Å². The number of pyridine rings is 1. The summed E-state index contributed by atoms with van der Waals surface area (Å²) in [6.45, 7) is 0.263. The summed E-state index contributed by atoms with van der Waals surface area (Å²) in [7, 11) is -4.10. The van der Waals surface area contributed by atoms with Gasteiger partial charge in [-0.1, -0.05) is 60.1 Å². The highest BCUT2D eigenvalue weighted by Gasteiger charge is 2.31. The van der Waals surface area contributed by atoms with Crippen LogP contribution in [0.2, 0.25) is 5.02 Å². The van der Waals surface area contributed by atoms with Gasteiger partial charge in [0, 0.05) is 30.5 Å². The number of hydrogen-bond donors (Lipinski definition) is 2. The van der Waals surface area contributed by atoms with Crippen molar-refractivity contribution in [3.63, 3.8) is 0 Å². The van der Waals surface area contributed by atoms with Gasteiger partial charge in [-0.05, 0) is 59.2 Å². The zero-order valence-corrected chi connectivity index (χ0v) is 21.6. The molecule has 0 fully saturated rings. The summed E-state index contributed by atoms with van der Waals surface area (Å²) >= 11 is 5.92. The molecule has 38 heavy (non-hydrogen) atoms. The molecule has 0 unspecified atom stereocenters. The normalized spacial score (nSPS) is 12.0. The van der Waals surface area contributed by atoms with E-state index in [1.54, 1.807) is 60.9 Å². The Morgan fingerprint density at radius 1 is 0.868 bits per heavy atom. The summed E-state index contributed by atoms with van der Waals surface area (Å²) < 4.78 is 29.1. The summed E-state index contributed by atoms with van der Waals surface area (Å²) in [5.74, 6) is -1.54. The van der Waals surface area contributed by atoms with Gasteiger partial charge in [-0.2, -0.15) is 4.72 Å². The molecular weight excluding hydrogens is 526 g/mol. The average Bonchev–Trinajstić information content (AvgIpc) is 2.92. The molecule has 1 aromatic heterocycles. The summed E-state index contributed by atoms with van der Waals surface area (Å²) in [4.78, 5) is 30.9. The van der Waals surface area contributed by atoms with Crippen LogP contribution in [0.25, 0.3) is 0 Å². The number of carbonyl (C=O) groups excluding carboxylic acids is 1. The Balaban J connectivity index is 1.70. The molecule has 2 N–H and O–H groups in total. The highest BCUT2D eigenvalue weighted by Crippen LogP contribution is 2.23. The molecule has 0 aliphatic rings. The van der Waals surface area contributed by atoms with E-state index < -0.39 is 27.9 Å². The van der Waals surface area contributed by atoms with Crippen molar-refractivity contribution in [2.45, 2.75) is 24.0 Å². The maximum absolute atomic E-state index is 14.1. The molecular formula is C28H24ClN3O5S. The van der Waals surface area contributed by atoms with Crippen LogP contribution in [-0.4, -0.2) is 35.3 Å². The number of benzene rings is 3. The molecule has 8 nitrogen and oxygen atoms in total. The molecule has 0 saturated carbocycles. The molecule has 0 spiro atoms. The van der Waals surface area contributed by atoms with E-state index in [2.05, 4.69) is 9.71 Å². The Labute approximate surface area is 225 Å². The Morgan fingerprint density at radius 2 is 1.53 bits per heavy atom. The van der Waals surface area contributed by atoms with E-state index in [9.17, 15) is 23.1 Å². The number of hydrogen-bond acceptors (Lipinski definition) is 5. The van der Waals surface area contributed by atoms with Crippen molar-refractivity contribution in [2.75, 3.05) is 0 Å². The number of halogens is 1. The number of aromatic carboxylic acids is 1. The first-order valence-electron chi connectivity index (χ1n) is 11.6. The number of aromatic nitrogens is 1. The van der Waals surface area contributed by atoms with Gasteiger partial charge in [0.15, 0.2) is 0 Å². The van der Waals surface area contributed by atoms with E-state index in [0.29, 0.717) is 16.1 Å². The monoisotopic (exact) mass is 549 g/mol. The molecule has 4 rings (SSSR count). The maximum Gasteiger partial charge on any atom is 0.335 e. The van der Waals surface area contributed by atoms with Crippen molar-refractivity contribution in [1.82, 2.24) is 14.6 Å². The first-order valence-corrected chi connectivity index (χ1v) is 13.4. The fourth-order valence-electron chi connectivity index (χ4n) is 3.82. The number of carboxylic acid groups (broad SMARTS) is 1. The number of carboxylic acids is 1. The van der Waals surface area contributed by atoms with Gasteiger partial charge in [0.25, 0.3) is 0 Å². The molecule has 1 atom stereocenters. The van der Waals surface area contributed by atoms with Crippen molar-refractivity contribution in [3.8, 4) is 0 Å². The second-order valence-corrected chi connectivity index (χ2v) is 10.6. The van der Waals surface area contributed by atoms with Gasteiger partial charge in [-0.25, -0.2) is 13.2 Å². The number of sulfonamides is 1. The second kappa shape index (κ2) is 12.0. The van der Waals surface area contributed by atoms with Crippen LogP contribution in [0.5, 0.6) is 0 Å². The summed E-state index contributed by atoms with van der Waals surface area (Å²) in [6, 6.07) is 22.8. The van der Waals surface area contributed by atoms with Crippen LogP contribution >= 0.6 is 11.6 Å². The van der Waals surface area contributed by atoms with E-state index in [0.717, 1.165) is 5.56 Å². The molecule has 10 heteroatoms. The first-order chi connectivity index (χ1) is 18.2. The molecule has 0 aliphatic heterocycles. The Morgan fingerprint density at radius 3 is 2.13 bits per heavy atom. The third-order valence-corrected chi connectivity index (χ3v) is 7.45. The van der Waals surface area contributed by atoms with Crippen LogP contribution < -0.4 is 4.72 Å². The Bertz CT molecular complexity index is 1500. The lowest BCUT2D eigenvalue weighted by molar-refractivity contribution is -0.134. The number of amides is 1. The van der Waals surface area contributed by atoms with Crippen molar-refractivity contribution < 1.29 is 23.1 Å². The second-order valence-electron chi connectivity index (χ2n) is 8.48. The molecule has 3 aromatic carbocycles. The highest BCUT2D eigenvalue weighted by atomic mass is 35.5. The minimum atomic E-state index is -4.10. The SMILES string of the molecule is O=C(O)c1ccc(CN(Cc2cccnc2)C(=O)[C@H](NS(=O)(=O)c2ccc(Cl)cc2)c2ccccc2)cc1. The van der Waals surface area contributed by atoms with E-state index in [1.165, 1.54) is 41.3 Å². The largest absolute Gasteiger partial charge is 0.478 e. The molecule has 0 aliphatic carbocycles. The minimum absolute atomic E-state index is 0.0290. The molecule has 194 valence electrons. The van der Waals surface area contributed by atoms with Crippen LogP contribution in [0.3, 0.4) is 0 Å². The molecule has 0 saturated heterocycles. The van der Waals surface area contributed by atoms with Crippen LogP contribution in [0, 0.1) is 0 Å². The predicted octanol–water partition coefficient (Wildman–Crippen LogP) is 4.68. The smallest absolute Gasteiger partial charge is 0.335 e. The van der Waals surface area contributed by atoms with Gasteiger partial charge in [0.1, 0.15) is 6.04 Å². The number of nitrogens with one attached hydrogen (secondary N) is 1. The van der Waals surface area contributed by atoms with Gasteiger partial charge in [0.05, 0.1) is 10.5 Å². The van der Waals surface area contributed by atoms with Crippen molar-refractivity contribution in [1.29, 1.82) is 0 Å². The van der Waals surface area contributed by atoms with Crippen molar-refractivity contribution >= 4 is 33.5 Å². The van der Waals surface area contributed by atoms with Gasteiger partial charge < -0.3 is 10.0 Å². The minimum Gasteiger partial charge on any atom is -0.478 e. The van der Waals surface area contributed by atoms with Crippen molar-refractivity contribution in [2.24, 2.45) is 0 Å². The van der Waals surface area contributed by atoms with Crippen LogP contribution in [0.1, 0.15) is 33.1 Å². The third kappa shape index (κ3) is 6.83. The molecule has 1 amide bonds. The lowest BCUT2D eigenvalue weighted by atomic mass is 10.1. The fraction of sp³-hybridized carbons (Fsp3) is 0.107. The number of carbonyl (C=O) groups is 2. The quantitative estimate of drug-likeness (QED) is 0.296. The standard InChI is InChI=1S/C28H24ClN3O5S/c29-24-12-14-25(15-13-24)38(36,37)31-26(22-6-2-1-3-7-22)27(33)32(19-21-5-4-16-30-17-21)18-20-8-10-23(11-9-20)28(34)35/h1-17,26,31H,18-19H2,(H,34,35)/t26-/m1/s1. The van der Waals surface area contributed by atoms with Gasteiger partial charge in [-0.15, -0.1) is 0 Å². The highest BCUT2D eigenvalue weighted by molar-refractivity contribution is 7.89. The van der Waals surface area contributed by atoms with Gasteiger partial charge in [-0.3, -0.25) is 9.78 Å². The predicted molar refractivity (Wildman–Crippen MR) is 143 cm³/mol. The maximum atomic E-state index is 14.1. The fourth-order valence-corrected chi connectivity index (χ4v) is 5.13. The zero-order valence-electron chi connectivity index (χ0n) is 20.1. The molecule has 4 aromatic rings. The van der Waals surface area contributed by atoms with Gasteiger partial charge in [0.2, 0.25) is 15.9 Å². The van der Waals surface area contributed by atoms with Crippen LogP contribution in [-0.2, 0) is 27.9 Å².